The quantitative estimate of drug-likeness (QED) is 0.648. The molecule has 4 N–H and O–H groups in total. The van der Waals surface area contributed by atoms with Gasteiger partial charge in [-0.1, -0.05) is 6.07 Å². The number of aliphatic carboxylic acids is 1. The van der Waals surface area contributed by atoms with Crippen molar-refractivity contribution in [2.75, 3.05) is 6.54 Å². The van der Waals surface area contributed by atoms with Gasteiger partial charge in [-0.3, -0.25) is 4.79 Å². The van der Waals surface area contributed by atoms with Crippen LogP contribution in [0, 0.1) is 0 Å². The summed E-state index contributed by atoms with van der Waals surface area (Å²) < 4.78 is 0. The first kappa shape index (κ1) is 15.9. The number of rotatable bonds is 4. The molecular formula is C16H15N3O5. The minimum absolute atomic E-state index is 0.0599. The Morgan fingerprint density at radius 2 is 1.96 bits per heavy atom. The maximum Gasteiger partial charge on any atom is 0.344 e. The van der Waals surface area contributed by atoms with E-state index in [0.29, 0.717) is 29.7 Å². The lowest BCUT2D eigenvalue weighted by molar-refractivity contribution is -0.139. The van der Waals surface area contributed by atoms with Crippen LogP contribution in [0.15, 0.2) is 35.4 Å². The minimum atomic E-state index is -1.10. The van der Waals surface area contributed by atoms with E-state index in [1.165, 1.54) is 24.5 Å². The highest BCUT2D eigenvalue weighted by atomic mass is 16.4. The molecule has 8 nitrogen and oxygen atoms in total. The van der Waals surface area contributed by atoms with E-state index in [1.807, 2.05) is 0 Å². The number of carboxylic acid groups (broad SMARTS) is 2. The third-order valence-corrected chi connectivity index (χ3v) is 4.12. The lowest BCUT2D eigenvalue weighted by atomic mass is 9.88. The van der Waals surface area contributed by atoms with Crippen molar-refractivity contribution in [2.24, 2.45) is 0 Å². The van der Waals surface area contributed by atoms with Gasteiger partial charge in [0.15, 0.2) is 0 Å². The summed E-state index contributed by atoms with van der Waals surface area (Å²) in [6.07, 6.45) is 3.40. The molecule has 2 atom stereocenters. The van der Waals surface area contributed by atoms with Crippen molar-refractivity contribution in [1.82, 2.24) is 15.3 Å². The van der Waals surface area contributed by atoms with Gasteiger partial charge < -0.3 is 20.5 Å². The van der Waals surface area contributed by atoms with Crippen LogP contribution >= 0.6 is 0 Å². The molecule has 1 aliphatic rings. The summed E-state index contributed by atoms with van der Waals surface area (Å²) >= 11 is 0. The Bertz CT molecular complexity index is 841. The lowest BCUT2D eigenvalue weighted by Gasteiger charge is -2.17. The van der Waals surface area contributed by atoms with Crippen molar-refractivity contribution in [2.45, 2.75) is 18.4 Å². The van der Waals surface area contributed by atoms with Crippen LogP contribution in [0.3, 0.4) is 0 Å². The summed E-state index contributed by atoms with van der Waals surface area (Å²) in [5, 5.41) is 21.6. The molecular weight excluding hydrogens is 314 g/mol. The number of aromatic carboxylic acids is 1. The summed E-state index contributed by atoms with van der Waals surface area (Å²) in [4.78, 5) is 39.9. The number of nitrogens with zero attached hydrogens (tertiary/aromatic N) is 1. The second-order valence-electron chi connectivity index (χ2n) is 5.62. The first-order valence-electron chi connectivity index (χ1n) is 7.35. The molecule has 2 aromatic rings. The Balaban J connectivity index is 2.09. The van der Waals surface area contributed by atoms with Crippen LogP contribution in [-0.2, 0) is 4.79 Å². The van der Waals surface area contributed by atoms with E-state index in [4.69, 9.17) is 0 Å². The second kappa shape index (κ2) is 6.25. The minimum Gasteiger partial charge on any atom is -0.480 e. The van der Waals surface area contributed by atoms with E-state index in [-0.39, 0.29) is 11.5 Å². The molecule has 0 amide bonds. The molecule has 0 radical (unpaired) electrons. The summed E-state index contributed by atoms with van der Waals surface area (Å²) in [7, 11) is 0. The Kier molecular flexibility index (Phi) is 4.13. The van der Waals surface area contributed by atoms with Gasteiger partial charge in [-0.25, -0.2) is 14.6 Å². The van der Waals surface area contributed by atoms with Crippen LogP contribution in [-0.4, -0.2) is 44.7 Å². The molecule has 0 spiro atoms. The summed E-state index contributed by atoms with van der Waals surface area (Å²) in [5.74, 6) is -2.39. The summed E-state index contributed by atoms with van der Waals surface area (Å²) in [5.41, 5.74) is 1.30. The van der Waals surface area contributed by atoms with Crippen molar-refractivity contribution in [3.05, 3.63) is 52.2 Å². The summed E-state index contributed by atoms with van der Waals surface area (Å²) in [6.45, 7) is 0.550. The Labute approximate surface area is 136 Å². The van der Waals surface area contributed by atoms with Gasteiger partial charge in [0.05, 0.1) is 5.56 Å². The molecule has 2 heterocycles. The molecule has 1 saturated heterocycles. The zero-order chi connectivity index (χ0) is 17.3. The monoisotopic (exact) mass is 329 g/mol. The fourth-order valence-corrected chi connectivity index (χ4v) is 2.98. The third kappa shape index (κ3) is 3.04. The topological polar surface area (TPSA) is 132 Å². The molecule has 0 bridgehead atoms. The van der Waals surface area contributed by atoms with Crippen molar-refractivity contribution >= 4 is 11.9 Å². The third-order valence-electron chi connectivity index (χ3n) is 4.12. The number of nitrogens with one attached hydrogen (secondary N) is 2. The maximum atomic E-state index is 11.4. The number of hydrogen-bond acceptors (Lipinski definition) is 5. The Morgan fingerprint density at radius 1 is 1.17 bits per heavy atom. The van der Waals surface area contributed by atoms with E-state index in [2.05, 4.69) is 15.3 Å². The molecule has 8 heteroatoms. The van der Waals surface area contributed by atoms with Crippen molar-refractivity contribution in [3.8, 4) is 11.1 Å². The average Bonchev–Trinajstić information content (AvgIpc) is 3.05. The highest BCUT2D eigenvalue weighted by Gasteiger charge is 2.34. The van der Waals surface area contributed by atoms with Crippen molar-refractivity contribution in [3.63, 3.8) is 0 Å². The SMILES string of the molecule is O=C(O)c1cc(-c2cnc(=O)[nH]c2)cc(C2CCNC2C(=O)O)c1. The molecule has 24 heavy (non-hydrogen) atoms. The number of H-pyrrole nitrogens is 1. The smallest absolute Gasteiger partial charge is 0.344 e. The zero-order valence-corrected chi connectivity index (χ0v) is 12.5. The highest BCUT2D eigenvalue weighted by Crippen LogP contribution is 2.32. The van der Waals surface area contributed by atoms with Crippen LogP contribution in [0.1, 0.15) is 28.3 Å². The number of carbonyl (C=O) groups is 2. The van der Waals surface area contributed by atoms with Gasteiger partial charge in [-0.15, -0.1) is 0 Å². The van der Waals surface area contributed by atoms with Gasteiger partial charge in [-0.2, -0.15) is 0 Å². The Hall–Kier alpha value is -3.00. The molecule has 3 rings (SSSR count). The van der Waals surface area contributed by atoms with Gasteiger partial charge in [0.25, 0.3) is 0 Å². The Morgan fingerprint density at radius 3 is 2.58 bits per heavy atom. The number of hydrogen-bond donors (Lipinski definition) is 4. The number of benzene rings is 1. The predicted molar refractivity (Wildman–Crippen MR) is 84.0 cm³/mol. The van der Waals surface area contributed by atoms with Crippen LogP contribution in [0.5, 0.6) is 0 Å². The van der Waals surface area contributed by atoms with Gasteiger partial charge >= 0.3 is 17.6 Å². The summed E-state index contributed by atoms with van der Waals surface area (Å²) in [6, 6.07) is 3.96. The van der Waals surface area contributed by atoms with E-state index in [9.17, 15) is 24.6 Å². The standard InChI is InChI=1S/C16H15N3O5/c20-14(21)10-4-8(11-6-18-16(24)19-7-11)3-9(5-10)12-1-2-17-13(12)15(22)23/h3-7,12-13,17H,1-2H2,(H,20,21)(H,22,23)(H,18,19,24). The highest BCUT2D eigenvalue weighted by molar-refractivity contribution is 5.90. The van der Waals surface area contributed by atoms with E-state index >= 15 is 0 Å². The fraction of sp³-hybridized carbons (Fsp3) is 0.250. The molecule has 0 aliphatic carbocycles. The predicted octanol–water partition coefficient (Wildman–Crippen LogP) is 0.665. The van der Waals surface area contributed by atoms with Gasteiger partial charge in [-0.05, 0) is 36.2 Å². The van der Waals surface area contributed by atoms with Crippen molar-refractivity contribution < 1.29 is 19.8 Å². The van der Waals surface area contributed by atoms with Gasteiger partial charge in [0.2, 0.25) is 0 Å². The molecule has 1 fully saturated rings. The normalized spacial score (nSPS) is 20.0. The first-order valence-corrected chi connectivity index (χ1v) is 7.35. The van der Waals surface area contributed by atoms with Crippen LogP contribution in [0.2, 0.25) is 0 Å². The lowest BCUT2D eigenvalue weighted by Crippen LogP contribution is -2.34. The van der Waals surface area contributed by atoms with Crippen LogP contribution < -0.4 is 11.0 Å². The maximum absolute atomic E-state index is 11.4. The van der Waals surface area contributed by atoms with E-state index in [1.54, 1.807) is 6.07 Å². The van der Waals surface area contributed by atoms with E-state index in [0.717, 1.165) is 0 Å². The second-order valence-corrected chi connectivity index (χ2v) is 5.62. The van der Waals surface area contributed by atoms with Crippen LogP contribution in [0.25, 0.3) is 11.1 Å². The van der Waals surface area contributed by atoms with Crippen LogP contribution in [0.4, 0.5) is 0 Å². The number of aromatic amines is 1. The zero-order valence-electron chi connectivity index (χ0n) is 12.5. The fourth-order valence-electron chi connectivity index (χ4n) is 2.98. The molecule has 124 valence electrons. The first-order chi connectivity index (χ1) is 11.5. The number of aromatic nitrogens is 2. The molecule has 2 unspecified atom stereocenters. The largest absolute Gasteiger partial charge is 0.480 e. The average molecular weight is 329 g/mol. The number of carboxylic acids is 2. The molecule has 1 aromatic heterocycles. The molecule has 1 aliphatic heterocycles. The molecule has 1 aromatic carbocycles. The van der Waals surface area contributed by atoms with Gasteiger partial charge in [0, 0.05) is 23.9 Å². The van der Waals surface area contributed by atoms with Crippen molar-refractivity contribution in [1.29, 1.82) is 0 Å². The van der Waals surface area contributed by atoms with Gasteiger partial charge in [0.1, 0.15) is 6.04 Å². The molecule has 0 saturated carbocycles. The van der Waals surface area contributed by atoms with E-state index < -0.39 is 23.7 Å².